The molecule has 5 nitrogen and oxygen atoms in total. The molecule has 1 aliphatic rings. The van der Waals surface area contributed by atoms with Crippen LogP contribution in [0.4, 0.5) is 4.39 Å². The zero-order valence-electron chi connectivity index (χ0n) is 16.3. The number of aromatic nitrogens is 1. The lowest BCUT2D eigenvalue weighted by molar-refractivity contribution is 0.0936. The number of halogens is 3. The van der Waals surface area contributed by atoms with Crippen molar-refractivity contribution in [3.63, 3.8) is 0 Å². The first-order chi connectivity index (χ1) is 14.9. The summed E-state index contributed by atoms with van der Waals surface area (Å²) in [6.45, 7) is -0.349. The second-order valence-corrected chi connectivity index (χ2v) is 8.17. The van der Waals surface area contributed by atoms with E-state index in [-0.39, 0.29) is 34.2 Å². The number of benzene rings is 2. The molecule has 1 saturated carbocycles. The predicted octanol–water partition coefficient (Wildman–Crippen LogP) is 6.20. The summed E-state index contributed by atoms with van der Waals surface area (Å²) >= 11 is 11.9. The molecule has 1 atom stereocenters. The highest BCUT2D eigenvalue weighted by Gasteiger charge is 2.25. The predicted molar refractivity (Wildman–Crippen MR) is 117 cm³/mol. The van der Waals surface area contributed by atoms with E-state index in [9.17, 15) is 14.3 Å². The van der Waals surface area contributed by atoms with Gasteiger partial charge in [-0.05, 0) is 48.6 Å². The Morgan fingerprint density at radius 2 is 2.03 bits per heavy atom. The number of aromatic hydroxyl groups is 1. The van der Waals surface area contributed by atoms with Gasteiger partial charge in [-0.2, -0.15) is 0 Å². The number of ether oxygens (including phenoxy) is 1. The van der Waals surface area contributed by atoms with Crippen LogP contribution in [0.1, 0.15) is 46.4 Å². The Kier molecular flexibility index (Phi) is 6.30. The molecule has 1 amide bonds. The van der Waals surface area contributed by atoms with Crippen molar-refractivity contribution in [3.8, 4) is 17.2 Å². The monoisotopic (exact) mass is 460 g/mol. The first kappa shape index (κ1) is 21.4. The Morgan fingerprint density at radius 1 is 1.23 bits per heavy atom. The molecule has 0 bridgehead atoms. The molecule has 1 aromatic heterocycles. The molecule has 1 unspecified atom stereocenters. The van der Waals surface area contributed by atoms with Gasteiger partial charge in [-0.3, -0.25) is 9.78 Å². The lowest BCUT2D eigenvalue weighted by Crippen LogP contribution is -2.27. The van der Waals surface area contributed by atoms with Crippen molar-refractivity contribution in [2.24, 2.45) is 0 Å². The minimum atomic E-state index is -1.56. The fourth-order valence-electron chi connectivity index (χ4n) is 3.25. The molecule has 3 aromatic rings. The quantitative estimate of drug-likeness (QED) is 0.439. The van der Waals surface area contributed by atoms with E-state index < -0.39 is 12.1 Å². The van der Waals surface area contributed by atoms with Crippen molar-refractivity contribution in [2.75, 3.05) is 6.54 Å². The summed E-state index contributed by atoms with van der Waals surface area (Å²) in [5.74, 6) is 0.0802. The normalized spacial score (nSPS) is 14.2. The van der Waals surface area contributed by atoms with Gasteiger partial charge in [0.1, 0.15) is 23.2 Å². The lowest BCUT2D eigenvalue weighted by atomic mass is 10.1. The summed E-state index contributed by atoms with van der Waals surface area (Å²) in [6.07, 6.45) is 3.20. The van der Waals surface area contributed by atoms with Crippen molar-refractivity contribution >= 4 is 29.1 Å². The van der Waals surface area contributed by atoms with Gasteiger partial charge in [0, 0.05) is 15.6 Å². The lowest BCUT2D eigenvalue weighted by Gasteiger charge is -2.15. The van der Waals surface area contributed by atoms with Crippen LogP contribution in [0.15, 0.2) is 54.9 Å². The maximum atomic E-state index is 14.6. The van der Waals surface area contributed by atoms with Crippen LogP contribution in [0.5, 0.6) is 17.2 Å². The number of amides is 1. The van der Waals surface area contributed by atoms with Crippen LogP contribution in [-0.4, -0.2) is 22.5 Å². The largest absolute Gasteiger partial charge is 0.505 e. The minimum Gasteiger partial charge on any atom is -0.505 e. The Morgan fingerprint density at radius 3 is 2.77 bits per heavy atom. The molecule has 2 N–H and O–H groups in total. The molecular weight excluding hydrogens is 442 g/mol. The molecule has 1 fully saturated rings. The van der Waals surface area contributed by atoms with E-state index in [1.807, 2.05) is 18.2 Å². The topological polar surface area (TPSA) is 71.5 Å². The van der Waals surface area contributed by atoms with Crippen LogP contribution < -0.4 is 10.1 Å². The second kappa shape index (κ2) is 9.12. The Balaban J connectivity index is 1.49. The summed E-state index contributed by atoms with van der Waals surface area (Å²) in [7, 11) is 0. The minimum absolute atomic E-state index is 0.0744. The summed E-state index contributed by atoms with van der Waals surface area (Å²) in [4.78, 5) is 16.6. The summed E-state index contributed by atoms with van der Waals surface area (Å²) < 4.78 is 20.5. The van der Waals surface area contributed by atoms with Crippen molar-refractivity contribution in [1.29, 1.82) is 0 Å². The highest BCUT2D eigenvalue weighted by molar-refractivity contribution is 6.35. The highest BCUT2D eigenvalue weighted by atomic mass is 35.5. The van der Waals surface area contributed by atoms with Crippen molar-refractivity contribution in [3.05, 3.63) is 81.6 Å². The molecule has 1 aliphatic carbocycles. The molecule has 0 radical (unpaired) electrons. The maximum absolute atomic E-state index is 14.6. The molecule has 8 heteroatoms. The zero-order chi connectivity index (χ0) is 22.0. The molecule has 0 saturated heterocycles. The summed E-state index contributed by atoms with van der Waals surface area (Å²) in [6, 6.07) is 12.0. The number of nitrogens with zero attached hydrogens (tertiary/aromatic N) is 1. The van der Waals surface area contributed by atoms with E-state index in [0.717, 1.165) is 24.6 Å². The number of hydrogen-bond acceptors (Lipinski definition) is 4. The van der Waals surface area contributed by atoms with E-state index in [2.05, 4.69) is 10.3 Å². The molecule has 160 valence electrons. The third kappa shape index (κ3) is 5.09. The van der Waals surface area contributed by atoms with Gasteiger partial charge < -0.3 is 15.2 Å². The van der Waals surface area contributed by atoms with Crippen molar-refractivity contribution in [1.82, 2.24) is 10.3 Å². The number of carbonyl (C=O) groups is 1. The van der Waals surface area contributed by atoms with Crippen LogP contribution in [0, 0.1) is 0 Å². The van der Waals surface area contributed by atoms with Gasteiger partial charge in [-0.25, -0.2) is 4.39 Å². The van der Waals surface area contributed by atoms with Gasteiger partial charge in [0.15, 0.2) is 5.75 Å². The van der Waals surface area contributed by atoms with Gasteiger partial charge >= 0.3 is 0 Å². The first-order valence-electron chi connectivity index (χ1n) is 9.74. The van der Waals surface area contributed by atoms with Crippen LogP contribution in [0.25, 0.3) is 0 Å². The Hall–Kier alpha value is -2.83. The third-order valence-electron chi connectivity index (χ3n) is 4.99. The van der Waals surface area contributed by atoms with E-state index in [0.29, 0.717) is 16.7 Å². The average molecular weight is 461 g/mol. The SMILES string of the molecule is O=C(NCC(F)c1ccc(Cl)cc1Cl)c1c(O)cncc1Oc1cccc(C2CC2)c1. The molecule has 2 aromatic carbocycles. The summed E-state index contributed by atoms with van der Waals surface area (Å²) in [5, 5.41) is 13.2. The van der Waals surface area contributed by atoms with Crippen LogP contribution in [-0.2, 0) is 0 Å². The van der Waals surface area contributed by atoms with Gasteiger partial charge in [0.25, 0.3) is 5.91 Å². The van der Waals surface area contributed by atoms with Gasteiger partial charge in [0.2, 0.25) is 0 Å². The molecular formula is C23H19Cl2FN2O3. The number of carbonyl (C=O) groups excluding carboxylic acids is 1. The number of pyridine rings is 1. The van der Waals surface area contributed by atoms with Crippen molar-refractivity contribution in [2.45, 2.75) is 24.9 Å². The first-order valence-corrected chi connectivity index (χ1v) is 10.5. The van der Waals surface area contributed by atoms with Gasteiger partial charge in [0.05, 0.1) is 18.9 Å². The number of nitrogens with one attached hydrogen (secondary N) is 1. The van der Waals surface area contributed by atoms with Gasteiger partial charge in [-0.1, -0.05) is 41.4 Å². The van der Waals surface area contributed by atoms with Crippen LogP contribution >= 0.6 is 23.2 Å². The van der Waals surface area contributed by atoms with E-state index in [1.165, 1.54) is 24.4 Å². The van der Waals surface area contributed by atoms with Crippen LogP contribution in [0.3, 0.4) is 0 Å². The molecule has 4 rings (SSSR count). The van der Waals surface area contributed by atoms with E-state index in [4.69, 9.17) is 27.9 Å². The smallest absolute Gasteiger partial charge is 0.259 e. The standard InChI is InChI=1S/C23H19Cl2FN2O3/c24-15-6-7-17(18(25)9-15)19(26)10-28-23(30)22-20(29)11-27-12-21(22)31-16-3-1-2-14(8-16)13-4-5-13/h1-3,6-9,11-13,19,29H,4-5,10H2,(H,28,30). The fraction of sp³-hybridized carbons (Fsp3) is 0.217. The number of hydrogen-bond donors (Lipinski definition) is 2. The second-order valence-electron chi connectivity index (χ2n) is 7.32. The Bertz CT molecular complexity index is 1120. The summed E-state index contributed by atoms with van der Waals surface area (Å²) in [5.41, 5.74) is 1.25. The number of rotatable bonds is 7. The van der Waals surface area contributed by atoms with Crippen molar-refractivity contribution < 1.29 is 19.0 Å². The third-order valence-corrected chi connectivity index (χ3v) is 5.56. The zero-order valence-corrected chi connectivity index (χ0v) is 17.8. The van der Waals surface area contributed by atoms with Gasteiger partial charge in [-0.15, -0.1) is 0 Å². The van der Waals surface area contributed by atoms with E-state index >= 15 is 0 Å². The van der Waals surface area contributed by atoms with E-state index in [1.54, 1.807) is 6.07 Å². The fourth-order valence-corrected chi connectivity index (χ4v) is 3.78. The Labute approximate surface area is 188 Å². The highest BCUT2D eigenvalue weighted by Crippen LogP contribution is 2.41. The number of alkyl halides is 1. The average Bonchev–Trinajstić information content (AvgIpc) is 3.58. The molecule has 0 spiro atoms. The molecule has 1 heterocycles. The van der Waals surface area contributed by atoms with Crippen LogP contribution in [0.2, 0.25) is 10.0 Å². The molecule has 0 aliphatic heterocycles. The maximum Gasteiger partial charge on any atom is 0.259 e. The molecule has 31 heavy (non-hydrogen) atoms.